The zero-order chi connectivity index (χ0) is 10.7. The minimum Gasteiger partial charge on any atom is -0.304 e. The van der Waals surface area contributed by atoms with Gasteiger partial charge in [-0.15, -0.1) is 0 Å². The number of piperazine rings is 1. The van der Waals surface area contributed by atoms with Gasteiger partial charge in [0.1, 0.15) is 0 Å². The molecule has 0 unspecified atom stereocenters. The lowest BCUT2D eigenvalue weighted by Crippen LogP contribution is -2.50. The molecule has 0 aromatic carbocycles. The van der Waals surface area contributed by atoms with E-state index in [1.165, 1.54) is 58.3 Å². The molecule has 0 radical (unpaired) electrons. The Bertz CT molecular complexity index is 185. The fourth-order valence-corrected chi connectivity index (χ4v) is 3.15. The first-order valence-corrected chi connectivity index (χ1v) is 6.72. The van der Waals surface area contributed by atoms with Crippen LogP contribution in [0, 0.1) is 5.92 Å². The highest BCUT2D eigenvalue weighted by atomic mass is 15.3. The number of hydrogen-bond acceptors (Lipinski definition) is 2. The van der Waals surface area contributed by atoms with E-state index < -0.39 is 0 Å². The van der Waals surface area contributed by atoms with Crippen LogP contribution < -0.4 is 0 Å². The summed E-state index contributed by atoms with van der Waals surface area (Å²) in [5.74, 6) is 1.02. The summed E-state index contributed by atoms with van der Waals surface area (Å²) < 4.78 is 0. The van der Waals surface area contributed by atoms with Crippen molar-refractivity contribution in [3.05, 3.63) is 0 Å². The maximum absolute atomic E-state index is 2.75. The maximum atomic E-state index is 2.75. The summed E-state index contributed by atoms with van der Waals surface area (Å²) in [6, 6.07) is 0.914. The minimum absolute atomic E-state index is 0.914. The van der Waals surface area contributed by atoms with Crippen molar-refractivity contribution in [1.29, 1.82) is 0 Å². The first kappa shape index (κ1) is 11.4. The second-order valence-corrected chi connectivity index (χ2v) is 5.43. The van der Waals surface area contributed by atoms with Gasteiger partial charge in [0.15, 0.2) is 0 Å². The van der Waals surface area contributed by atoms with Crippen molar-refractivity contribution in [3.63, 3.8) is 0 Å². The van der Waals surface area contributed by atoms with E-state index >= 15 is 0 Å². The smallest absolute Gasteiger partial charge is 0.0113 e. The molecular formula is C13H26N2. The standard InChI is InChI=1S/C13H26N2/c1-3-12-5-4-6-13(11-12)15-9-7-14(2)8-10-15/h12-13H,3-11H2,1-2H3/t12-,13+/m0/s1. The van der Waals surface area contributed by atoms with E-state index in [0.717, 1.165) is 12.0 Å². The first-order valence-electron chi connectivity index (χ1n) is 6.72. The molecule has 0 bridgehead atoms. The molecule has 1 saturated carbocycles. The number of hydrogen-bond donors (Lipinski definition) is 0. The van der Waals surface area contributed by atoms with Gasteiger partial charge >= 0.3 is 0 Å². The fourth-order valence-electron chi connectivity index (χ4n) is 3.15. The van der Waals surface area contributed by atoms with Crippen LogP contribution in [0.3, 0.4) is 0 Å². The summed E-state index contributed by atoms with van der Waals surface area (Å²) in [5, 5.41) is 0. The zero-order valence-corrected chi connectivity index (χ0v) is 10.4. The average molecular weight is 210 g/mol. The largest absolute Gasteiger partial charge is 0.304 e. The van der Waals surface area contributed by atoms with Crippen molar-refractivity contribution in [2.24, 2.45) is 5.92 Å². The Kier molecular flexibility index (Phi) is 4.04. The molecule has 2 rings (SSSR count). The van der Waals surface area contributed by atoms with Crippen LogP contribution >= 0.6 is 0 Å². The maximum Gasteiger partial charge on any atom is 0.0113 e. The van der Waals surface area contributed by atoms with Crippen molar-refractivity contribution in [2.45, 2.75) is 45.1 Å². The number of nitrogens with zero attached hydrogens (tertiary/aromatic N) is 2. The quantitative estimate of drug-likeness (QED) is 0.689. The molecule has 0 amide bonds. The summed E-state index contributed by atoms with van der Waals surface area (Å²) >= 11 is 0. The van der Waals surface area contributed by atoms with Gasteiger partial charge in [0.05, 0.1) is 0 Å². The van der Waals surface area contributed by atoms with Gasteiger partial charge in [-0.25, -0.2) is 0 Å². The molecule has 2 atom stereocenters. The van der Waals surface area contributed by atoms with Crippen LogP contribution in [0.4, 0.5) is 0 Å². The van der Waals surface area contributed by atoms with E-state index in [9.17, 15) is 0 Å². The van der Waals surface area contributed by atoms with Gasteiger partial charge in [0.25, 0.3) is 0 Å². The third-order valence-electron chi connectivity index (χ3n) is 4.39. The van der Waals surface area contributed by atoms with Crippen molar-refractivity contribution in [1.82, 2.24) is 9.80 Å². The molecule has 2 nitrogen and oxygen atoms in total. The van der Waals surface area contributed by atoms with Crippen LogP contribution in [0.25, 0.3) is 0 Å². The predicted octanol–water partition coefficient (Wildman–Crippen LogP) is 2.20. The van der Waals surface area contributed by atoms with E-state index in [2.05, 4.69) is 23.8 Å². The normalized spacial score (nSPS) is 35.6. The molecule has 2 fully saturated rings. The Labute approximate surface area is 94.6 Å². The first-order chi connectivity index (χ1) is 7.29. The lowest BCUT2D eigenvalue weighted by molar-refractivity contribution is 0.0764. The van der Waals surface area contributed by atoms with Crippen LogP contribution in [0.5, 0.6) is 0 Å². The lowest BCUT2D eigenvalue weighted by Gasteiger charge is -2.41. The van der Waals surface area contributed by atoms with Gasteiger partial charge in [-0.05, 0) is 25.8 Å². The molecule has 1 aliphatic heterocycles. The molecule has 0 aromatic rings. The van der Waals surface area contributed by atoms with Crippen molar-refractivity contribution in [2.75, 3.05) is 33.2 Å². The van der Waals surface area contributed by atoms with Crippen LogP contribution in [0.1, 0.15) is 39.0 Å². The van der Waals surface area contributed by atoms with Gasteiger partial charge < -0.3 is 4.90 Å². The molecule has 1 heterocycles. The Morgan fingerprint density at radius 3 is 2.47 bits per heavy atom. The Hall–Kier alpha value is -0.0800. The lowest BCUT2D eigenvalue weighted by atomic mass is 9.83. The summed E-state index contributed by atoms with van der Waals surface area (Å²) in [4.78, 5) is 5.21. The van der Waals surface area contributed by atoms with Gasteiger partial charge in [0, 0.05) is 32.2 Å². The highest BCUT2D eigenvalue weighted by molar-refractivity contribution is 4.82. The van der Waals surface area contributed by atoms with Gasteiger partial charge in [-0.3, -0.25) is 4.90 Å². The third-order valence-corrected chi connectivity index (χ3v) is 4.39. The van der Waals surface area contributed by atoms with Gasteiger partial charge in [0.2, 0.25) is 0 Å². The highest BCUT2D eigenvalue weighted by Crippen LogP contribution is 2.29. The summed E-state index contributed by atoms with van der Waals surface area (Å²) in [6.07, 6.45) is 7.28. The van der Waals surface area contributed by atoms with Crippen LogP contribution in [0.2, 0.25) is 0 Å². The Balaban J connectivity index is 1.82. The highest BCUT2D eigenvalue weighted by Gasteiger charge is 2.27. The number of likely N-dealkylation sites (N-methyl/N-ethyl adjacent to an activating group) is 1. The fraction of sp³-hybridized carbons (Fsp3) is 1.00. The van der Waals surface area contributed by atoms with E-state index in [4.69, 9.17) is 0 Å². The molecular weight excluding hydrogens is 184 g/mol. The molecule has 1 aliphatic carbocycles. The van der Waals surface area contributed by atoms with Crippen LogP contribution in [-0.2, 0) is 0 Å². The Morgan fingerprint density at radius 2 is 1.80 bits per heavy atom. The van der Waals surface area contributed by atoms with Gasteiger partial charge in [-0.2, -0.15) is 0 Å². The van der Waals surface area contributed by atoms with E-state index in [1.54, 1.807) is 0 Å². The van der Waals surface area contributed by atoms with Crippen LogP contribution in [0.15, 0.2) is 0 Å². The van der Waals surface area contributed by atoms with Gasteiger partial charge in [-0.1, -0.05) is 26.2 Å². The van der Waals surface area contributed by atoms with E-state index in [-0.39, 0.29) is 0 Å². The predicted molar refractivity (Wildman–Crippen MR) is 65.1 cm³/mol. The topological polar surface area (TPSA) is 6.48 Å². The molecule has 2 aliphatic rings. The molecule has 2 heteroatoms. The monoisotopic (exact) mass is 210 g/mol. The molecule has 88 valence electrons. The third kappa shape index (κ3) is 2.94. The molecule has 0 N–H and O–H groups in total. The van der Waals surface area contributed by atoms with Crippen molar-refractivity contribution in [3.8, 4) is 0 Å². The minimum atomic E-state index is 0.914. The Morgan fingerprint density at radius 1 is 1.07 bits per heavy atom. The van der Waals surface area contributed by atoms with Crippen molar-refractivity contribution >= 4 is 0 Å². The van der Waals surface area contributed by atoms with E-state index in [1.807, 2.05) is 0 Å². The summed E-state index contributed by atoms with van der Waals surface area (Å²) in [5.41, 5.74) is 0. The second kappa shape index (κ2) is 5.31. The molecule has 1 saturated heterocycles. The van der Waals surface area contributed by atoms with Crippen LogP contribution in [-0.4, -0.2) is 49.1 Å². The van der Waals surface area contributed by atoms with E-state index in [0.29, 0.717) is 0 Å². The average Bonchev–Trinajstić information content (AvgIpc) is 2.30. The number of rotatable bonds is 2. The molecule has 0 aromatic heterocycles. The summed E-state index contributed by atoms with van der Waals surface area (Å²) in [7, 11) is 2.24. The SMILES string of the molecule is CC[C@H]1CCC[C@@H](N2CCN(C)CC2)C1. The van der Waals surface area contributed by atoms with Crippen molar-refractivity contribution < 1.29 is 0 Å². The summed E-state index contributed by atoms with van der Waals surface area (Å²) in [6.45, 7) is 7.51. The molecule has 0 spiro atoms. The molecule has 15 heavy (non-hydrogen) atoms. The second-order valence-electron chi connectivity index (χ2n) is 5.43. The zero-order valence-electron chi connectivity index (χ0n) is 10.4.